The van der Waals surface area contributed by atoms with Gasteiger partial charge in [0.1, 0.15) is 17.2 Å². The van der Waals surface area contributed by atoms with Gasteiger partial charge in [-0.05, 0) is 41.7 Å². The number of alkyl halides is 3. The fourth-order valence-electron chi connectivity index (χ4n) is 3.96. The summed E-state index contributed by atoms with van der Waals surface area (Å²) in [5.74, 6) is -0.968. The van der Waals surface area contributed by atoms with Crippen molar-refractivity contribution in [1.82, 2.24) is 15.1 Å². The third-order valence-corrected chi connectivity index (χ3v) is 5.96. The first kappa shape index (κ1) is 22.8. The zero-order valence-corrected chi connectivity index (χ0v) is 18.2. The van der Waals surface area contributed by atoms with Gasteiger partial charge in [0.2, 0.25) is 0 Å². The summed E-state index contributed by atoms with van der Waals surface area (Å²) in [4.78, 5) is 12.8. The van der Waals surface area contributed by atoms with Crippen LogP contribution < -0.4 is 10.6 Å². The molecule has 0 unspecified atom stereocenters. The Kier molecular flexibility index (Phi) is 6.14. The van der Waals surface area contributed by atoms with Crippen LogP contribution in [0.1, 0.15) is 58.0 Å². The number of aryl methyl sites for hydroxylation is 2. The summed E-state index contributed by atoms with van der Waals surface area (Å²) in [6.07, 6.45) is -2.81. The van der Waals surface area contributed by atoms with Crippen LogP contribution in [-0.2, 0) is 13.0 Å². The molecule has 5 nitrogen and oxygen atoms in total. The van der Waals surface area contributed by atoms with Gasteiger partial charge < -0.3 is 10.6 Å². The SMILES string of the molecule is CCc1ccc([C@H]2C[C@@H](C(F)(F)F)n3ncc(C(=O)NCc4ccc(C)c(F)c4)c3N2)cc1. The molecule has 1 aromatic heterocycles. The molecular weight excluding hydrogens is 436 g/mol. The van der Waals surface area contributed by atoms with Crippen molar-refractivity contribution in [3.05, 3.63) is 82.3 Å². The topological polar surface area (TPSA) is 59.0 Å². The van der Waals surface area contributed by atoms with E-state index in [2.05, 4.69) is 15.7 Å². The molecule has 1 amide bonds. The molecule has 1 aliphatic rings. The van der Waals surface area contributed by atoms with Gasteiger partial charge >= 0.3 is 6.18 Å². The normalized spacial score (nSPS) is 17.9. The Morgan fingerprint density at radius 3 is 2.52 bits per heavy atom. The average molecular weight is 460 g/mol. The first-order valence-electron chi connectivity index (χ1n) is 10.7. The summed E-state index contributed by atoms with van der Waals surface area (Å²) in [7, 11) is 0. The zero-order valence-electron chi connectivity index (χ0n) is 18.2. The van der Waals surface area contributed by atoms with Gasteiger partial charge in [-0.15, -0.1) is 0 Å². The quantitative estimate of drug-likeness (QED) is 0.496. The van der Waals surface area contributed by atoms with Crippen LogP contribution in [0.4, 0.5) is 23.4 Å². The molecule has 174 valence electrons. The zero-order chi connectivity index (χ0) is 23.8. The van der Waals surface area contributed by atoms with E-state index in [1.165, 1.54) is 6.07 Å². The number of fused-ring (bicyclic) bond motifs is 1. The van der Waals surface area contributed by atoms with Gasteiger partial charge in [0, 0.05) is 13.0 Å². The second-order valence-electron chi connectivity index (χ2n) is 8.20. The Balaban J connectivity index is 1.60. The lowest BCUT2D eigenvalue weighted by molar-refractivity contribution is -0.173. The molecule has 33 heavy (non-hydrogen) atoms. The third kappa shape index (κ3) is 4.72. The first-order valence-corrected chi connectivity index (χ1v) is 10.7. The van der Waals surface area contributed by atoms with Gasteiger partial charge in [-0.1, -0.05) is 43.3 Å². The van der Waals surface area contributed by atoms with Crippen LogP contribution in [0.2, 0.25) is 0 Å². The smallest absolute Gasteiger partial charge is 0.363 e. The summed E-state index contributed by atoms with van der Waals surface area (Å²) < 4.78 is 56.2. The highest BCUT2D eigenvalue weighted by Gasteiger charge is 2.47. The van der Waals surface area contributed by atoms with Crippen LogP contribution in [0, 0.1) is 12.7 Å². The van der Waals surface area contributed by atoms with E-state index < -0.39 is 30.0 Å². The minimum absolute atomic E-state index is 0.00621. The van der Waals surface area contributed by atoms with Crippen molar-refractivity contribution in [1.29, 1.82) is 0 Å². The second kappa shape index (κ2) is 8.88. The number of aromatic nitrogens is 2. The fourth-order valence-corrected chi connectivity index (χ4v) is 3.96. The number of carbonyl (C=O) groups excluding carboxylic acids is 1. The van der Waals surface area contributed by atoms with Gasteiger partial charge in [0.05, 0.1) is 12.2 Å². The van der Waals surface area contributed by atoms with Crippen LogP contribution in [0.5, 0.6) is 0 Å². The predicted molar refractivity (Wildman–Crippen MR) is 116 cm³/mol. The maximum atomic E-state index is 13.9. The van der Waals surface area contributed by atoms with E-state index >= 15 is 0 Å². The fraction of sp³-hybridized carbons (Fsp3) is 0.333. The van der Waals surface area contributed by atoms with Crippen LogP contribution in [-0.4, -0.2) is 21.9 Å². The Morgan fingerprint density at radius 1 is 1.18 bits per heavy atom. The molecule has 1 aliphatic heterocycles. The van der Waals surface area contributed by atoms with Crippen molar-refractivity contribution in [3.63, 3.8) is 0 Å². The Bertz CT molecular complexity index is 1150. The standard InChI is InChI=1S/C24H24F4N4O/c1-3-15-6-8-17(9-7-15)20-11-21(24(26,27)28)32-22(31-20)18(13-30-32)23(33)29-12-16-5-4-14(2)19(25)10-16/h4-10,13,20-21,31H,3,11-12H2,1-2H3,(H,29,33)/t20-,21+/m1/s1. The number of hydrogen-bond donors (Lipinski definition) is 2. The molecule has 0 radical (unpaired) electrons. The summed E-state index contributed by atoms with van der Waals surface area (Å²) in [6, 6.07) is 9.49. The van der Waals surface area contributed by atoms with Gasteiger partial charge in [-0.25, -0.2) is 9.07 Å². The predicted octanol–water partition coefficient (Wildman–Crippen LogP) is 5.48. The van der Waals surface area contributed by atoms with Crippen molar-refractivity contribution >= 4 is 11.7 Å². The molecule has 2 atom stereocenters. The van der Waals surface area contributed by atoms with Crippen LogP contribution >= 0.6 is 0 Å². The number of nitrogens with zero attached hydrogens (tertiary/aromatic N) is 2. The molecule has 0 saturated carbocycles. The maximum Gasteiger partial charge on any atom is 0.410 e. The molecule has 0 spiro atoms. The van der Waals surface area contributed by atoms with Gasteiger partial charge in [-0.2, -0.15) is 18.3 Å². The second-order valence-corrected chi connectivity index (χ2v) is 8.20. The van der Waals surface area contributed by atoms with Crippen LogP contribution in [0.15, 0.2) is 48.7 Å². The van der Waals surface area contributed by atoms with Gasteiger partial charge in [0.25, 0.3) is 5.91 Å². The Hall–Kier alpha value is -3.36. The average Bonchev–Trinajstić information content (AvgIpc) is 3.22. The molecule has 2 heterocycles. The van der Waals surface area contributed by atoms with Crippen molar-refractivity contribution in [2.45, 2.75) is 51.5 Å². The minimum atomic E-state index is -4.53. The maximum absolute atomic E-state index is 13.9. The summed E-state index contributed by atoms with van der Waals surface area (Å²) in [6.45, 7) is 3.67. The number of benzene rings is 2. The lowest BCUT2D eigenvalue weighted by Gasteiger charge is -2.34. The van der Waals surface area contributed by atoms with Gasteiger partial charge in [0.15, 0.2) is 6.04 Å². The number of carbonyl (C=O) groups is 1. The van der Waals surface area contributed by atoms with Crippen molar-refractivity contribution in [2.75, 3.05) is 5.32 Å². The van der Waals surface area contributed by atoms with Crippen molar-refractivity contribution in [3.8, 4) is 0 Å². The molecule has 4 rings (SSSR count). The molecule has 0 saturated heterocycles. The van der Waals surface area contributed by atoms with E-state index in [0.29, 0.717) is 16.7 Å². The molecule has 0 aliphatic carbocycles. The number of halogens is 4. The van der Waals surface area contributed by atoms with E-state index in [-0.39, 0.29) is 24.3 Å². The highest BCUT2D eigenvalue weighted by Crippen LogP contribution is 2.44. The Morgan fingerprint density at radius 2 is 1.88 bits per heavy atom. The molecule has 9 heteroatoms. The van der Waals surface area contributed by atoms with Crippen LogP contribution in [0.3, 0.4) is 0 Å². The Labute approximate surface area is 188 Å². The largest absolute Gasteiger partial charge is 0.410 e. The van der Waals surface area contributed by atoms with E-state index in [4.69, 9.17) is 0 Å². The van der Waals surface area contributed by atoms with Crippen LogP contribution in [0.25, 0.3) is 0 Å². The molecular formula is C24H24F4N4O. The van der Waals surface area contributed by atoms with E-state index in [9.17, 15) is 22.4 Å². The van der Waals surface area contributed by atoms with E-state index in [1.807, 2.05) is 31.2 Å². The summed E-state index contributed by atoms with van der Waals surface area (Å²) >= 11 is 0. The number of nitrogens with one attached hydrogen (secondary N) is 2. The number of anilines is 1. The number of amides is 1. The molecule has 3 aromatic rings. The molecule has 0 fully saturated rings. The van der Waals surface area contributed by atoms with E-state index in [0.717, 1.165) is 22.9 Å². The molecule has 2 N–H and O–H groups in total. The number of hydrogen-bond acceptors (Lipinski definition) is 3. The van der Waals surface area contributed by atoms with Crippen molar-refractivity contribution in [2.24, 2.45) is 0 Å². The summed E-state index contributed by atoms with van der Waals surface area (Å²) in [5.41, 5.74) is 2.82. The van der Waals surface area contributed by atoms with E-state index in [1.54, 1.807) is 19.1 Å². The molecule has 2 aromatic carbocycles. The minimum Gasteiger partial charge on any atom is -0.363 e. The highest BCUT2D eigenvalue weighted by atomic mass is 19.4. The third-order valence-electron chi connectivity index (χ3n) is 5.96. The lowest BCUT2D eigenvalue weighted by atomic mass is 9.95. The van der Waals surface area contributed by atoms with Gasteiger partial charge in [-0.3, -0.25) is 4.79 Å². The summed E-state index contributed by atoms with van der Waals surface area (Å²) in [5, 5.41) is 9.59. The molecule has 0 bridgehead atoms. The lowest BCUT2D eigenvalue weighted by Crippen LogP contribution is -2.36. The highest BCUT2D eigenvalue weighted by molar-refractivity contribution is 5.98. The first-order chi connectivity index (χ1) is 15.7. The van der Waals surface area contributed by atoms with Crippen molar-refractivity contribution < 1.29 is 22.4 Å². The monoisotopic (exact) mass is 460 g/mol. The number of rotatable bonds is 5.